The molecule has 0 aromatic carbocycles. The smallest absolute Gasteiger partial charge is 0.314 e. The molecule has 0 radical (unpaired) electrons. The molecular weight excluding hydrogens is 265 g/mol. The van der Waals surface area contributed by atoms with Gasteiger partial charge in [-0.2, -0.15) is 13.2 Å². The highest BCUT2D eigenvalue weighted by atomic mass is 19.4. The van der Waals surface area contributed by atoms with Gasteiger partial charge in [-0.25, -0.2) is 8.78 Å². The molecule has 114 valence electrons. The number of hydrogen-bond acceptors (Lipinski definition) is 1. The molecule has 1 aliphatic rings. The third-order valence-electron chi connectivity index (χ3n) is 3.77. The Balaban J connectivity index is 2.40. The molecule has 1 nitrogen and oxygen atoms in total. The lowest BCUT2D eigenvalue weighted by Crippen LogP contribution is -2.40. The van der Waals surface area contributed by atoms with E-state index in [1.165, 1.54) is 0 Å². The molecule has 1 unspecified atom stereocenters. The Labute approximate surface area is 110 Å². The van der Waals surface area contributed by atoms with E-state index in [4.69, 9.17) is 0 Å². The van der Waals surface area contributed by atoms with Crippen molar-refractivity contribution in [2.45, 2.75) is 70.0 Å². The summed E-state index contributed by atoms with van der Waals surface area (Å²) >= 11 is 0. The van der Waals surface area contributed by atoms with Gasteiger partial charge in [-0.15, -0.1) is 0 Å². The summed E-state index contributed by atoms with van der Waals surface area (Å²) in [4.78, 5) is 0. The van der Waals surface area contributed by atoms with E-state index in [1.807, 2.05) is 6.92 Å². The lowest BCUT2D eigenvalue weighted by Gasteiger charge is -2.34. The number of nitrogens with one attached hydrogen (secondary N) is 1. The summed E-state index contributed by atoms with van der Waals surface area (Å²) in [6.45, 7) is 2.54. The van der Waals surface area contributed by atoms with E-state index in [-0.39, 0.29) is 31.2 Å². The Hall–Kier alpha value is -0.390. The lowest BCUT2D eigenvalue weighted by atomic mass is 9.80. The number of alkyl halides is 5. The van der Waals surface area contributed by atoms with Gasteiger partial charge in [0.1, 0.15) is 0 Å². The van der Waals surface area contributed by atoms with Gasteiger partial charge in [-0.05, 0) is 38.1 Å². The molecule has 1 N–H and O–H groups in total. The average Bonchev–Trinajstić information content (AvgIpc) is 2.26. The monoisotopic (exact) mass is 287 g/mol. The van der Waals surface area contributed by atoms with Gasteiger partial charge in [0.25, 0.3) is 0 Å². The summed E-state index contributed by atoms with van der Waals surface area (Å²) in [7, 11) is 0. The van der Waals surface area contributed by atoms with Crippen LogP contribution in [0.1, 0.15) is 51.9 Å². The van der Waals surface area contributed by atoms with Gasteiger partial charge in [0.15, 0.2) is 0 Å². The van der Waals surface area contributed by atoms with Crippen LogP contribution in [0.15, 0.2) is 0 Å². The fourth-order valence-electron chi connectivity index (χ4n) is 2.75. The molecule has 1 rings (SSSR count). The minimum Gasteiger partial charge on any atom is -0.314 e. The Kier molecular flexibility index (Phi) is 6.02. The Morgan fingerprint density at radius 1 is 1.21 bits per heavy atom. The Bertz CT molecular complexity index is 254. The highest BCUT2D eigenvalue weighted by Crippen LogP contribution is 2.38. The van der Waals surface area contributed by atoms with Crippen LogP contribution in [0.25, 0.3) is 0 Å². The number of hydrogen-bond donors (Lipinski definition) is 1. The zero-order chi connectivity index (χ0) is 14.5. The van der Waals surface area contributed by atoms with E-state index in [0.29, 0.717) is 25.8 Å². The van der Waals surface area contributed by atoms with Gasteiger partial charge < -0.3 is 5.32 Å². The molecule has 0 spiro atoms. The molecule has 6 heteroatoms. The van der Waals surface area contributed by atoms with Gasteiger partial charge in [0, 0.05) is 25.3 Å². The molecular formula is C13H22F5N. The van der Waals surface area contributed by atoms with Crippen molar-refractivity contribution in [1.82, 2.24) is 5.32 Å². The Morgan fingerprint density at radius 2 is 1.79 bits per heavy atom. The normalized spacial score (nSPS) is 22.4. The van der Waals surface area contributed by atoms with Crippen molar-refractivity contribution in [3.63, 3.8) is 0 Å². The second kappa shape index (κ2) is 6.86. The van der Waals surface area contributed by atoms with Crippen molar-refractivity contribution in [1.29, 1.82) is 0 Å². The second-order valence-corrected chi connectivity index (χ2v) is 5.36. The topological polar surface area (TPSA) is 12.0 Å². The Morgan fingerprint density at radius 3 is 2.26 bits per heavy atom. The first-order chi connectivity index (χ1) is 8.73. The molecule has 1 fully saturated rings. The van der Waals surface area contributed by atoms with Gasteiger partial charge in [0.05, 0.1) is 0 Å². The molecule has 0 heterocycles. The van der Waals surface area contributed by atoms with Gasteiger partial charge >= 0.3 is 6.18 Å². The van der Waals surface area contributed by atoms with Crippen LogP contribution in [0.5, 0.6) is 0 Å². The van der Waals surface area contributed by atoms with E-state index in [1.54, 1.807) is 0 Å². The largest absolute Gasteiger partial charge is 0.389 e. The third-order valence-corrected chi connectivity index (χ3v) is 3.77. The molecule has 19 heavy (non-hydrogen) atoms. The van der Waals surface area contributed by atoms with Crippen molar-refractivity contribution >= 4 is 0 Å². The minimum atomic E-state index is -4.13. The molecule has 0 amide bonds. The molecule has 1 atom stereocenters. The fourth-order valence-corrected chi connectivity index (χ4v) is 2.75. The van der Waals surface area contributed by atoms with Gasteiger partial charge in [-0.1, -0.05) is 6.92 Å². The maximum Gasteiger partial charge on any atom is 0.389 e. The van der Waals surface area contributed by atoms with Crippen LogP contribution in [0, 0.1) is 5.92 Å². The summed E-state index contributed by atoms with van der Waals surface area (Å²) < 4.78 is 62.5. The highest BCUT2D eigenvalue weighted by molar-refractivity contribution is 4.84. The molecule has 1 saturated carbocycles. The van der Waals surface area contributed by atoms with Crippen molar-refractivity contribution in [2.24, 2.45) is 5.92 Å². The van der Waals surface area contributed by atoms with E-state index >= 15 is 0 Å². The second-order valence-electron chi connectivity index (χ2n) is 5.36. The first-order valence-electron chi connectivity index (χ1n) is 6.91. The first kappa shape index (κ1) is 16.7. The van der Waals surface area contributed by atoms with Crippen molar-refractivity contribution in [3.05, 3.63) is 0 Å². The standard InChI is InChI=1S/C13H22F5N/c1-2-19-11(4-3-7-13(16,17)18)10-5-8-12(14,15)9-6-10/h10-11,19H,2-9H2,1H3. The van der Waals surface area contributed by atoms with Crippen molar-refractivity contribution < 1.29 is 22.0 Å². The summed E-state index contributed by atoms with van der Waals surface area (Å²) in [5.41, 5.74) is 0. The molecule has 0 aliphatic heterocycles. The van der Waals surface area contributed by atoms with Crippen LogP contribution in [0.4, 0.5) is 22.0 Å². The molecule has 0 aromatic heterocycles. The molecule has 0 bridgehead atoms. The predicted octanol–water partition coefficient (Wildman–Crippen LogP) is 4.52. The van der Waals surface area contributed by atoms with E-state index in [9.17, 15) is 22.0 Å². The average molecular weight is 287 g/mol. The number of halogens is 5. The predicted molar refractivity (Wildman–Crippen MR) is 64.3 cm³/mol. The first-order valence-corrected chi connectivity index (χ1v) is 6.91. The zero-order valence-electron chi connectivity index (χ0n) is 11.2. The van der Waals surface area contributed by atoms with E-state index < -0.39 is 18.5 Å². The van der Waals surface area contributed by atoms with Crippen LogP contribution < -0.4 is 5.32 Å². The van der Waals surface area contributed by atoms with Crippen molar-refractivity contribution in [3.8, 4) is 0 Å². The minimum absolute atomic E-state index is 0.0636. The van der Waals surface area contributed by atoms with Crippen LogP contribution in [-0.2, 0) is 0 Å². The third kappa shape index (κ3) is 6.54. The van der Waals surface area contributed by atoms with E-state index in [2.05, 4.69) is 5.32 Å². The van der Waals surface area contributed by atoms with Crippen LogP contribution in [-0.4, -0.2) is 24.7 Å². The number of rotatable bonds is 6. The van der Waals surface area contributed by atoms with Gasteiger partial charge in [-0.3, -0.25) is 0 Å². The quantitative estimate of drug-likeness (QED) is 0.708. The van der Waals surface area contributed by atoms with Crippen LogP contribution >= 0.6 is 0 Å². The van der Waals surface area contributed by atoms with Crippen LogP contribution in [0.3, 0.4) is 0 Å². The SMILES string of the molecule is CCNC(CCCC(F)(F)F)C1CCC(F)(F)CC1. The highest BCUT2D eigenvalue weighted by Gasteiger charge is 2.37. The molecule has 0 saturated heterocycles. The van der Waals surface area contributed by atoms with Crippen molar-refractivity contribution in [2.75, 3.05) is 6.54 Å². The fraction of sp³-hybridized carbons (Fsp3) is 1.00. The summed E-state index contributed by atoms with van der Waals surface area (Å²) in [5.74, 6) is -2.51. The van der Waals surface area contributed by atoms with Crippen LogP contribution in [0.2, 0.25) is 0 Å². The van der Waals surface area contributed by atoms with Gasteiger partial charge in [0.2, 0.25) is 5.92 Å². The lowest BCUT2D eigenvalue weighted by molar-refractivity contribution is -0.136. The summed E-state index contributed by atoms with van der Waals surface area (Å²) in [5, 5.41) is 3.15. The maximum absolute atomic E-state index is 13.1. The zero-order valence-corrected chi connectivity index (χ0v) is 11.2. The molecule has 1 aliphatic carbocycles. The maximum atomic E-state index is 13.1. The van der Waals surface area contributed by atoms with E-state index in [0.717, 1.165) is 0 Å². The summed E-state index contributed by atoms with van der Waals surface area (Å²) in [6.07, 6.45) is -3.93. The molecule has 0 aromatic rings. The summed E-state index contributed by atoms with van der Waals surface area (Å²) in [6, 6.07) is -0.0663.